The molecule has 1 aromatic heterocycles. The second kappa shape index (κ2) is 7.95. The first-order valence-corrected chi connectivity index (χ1v) is 10.4. The summed E-state index contributed by atoms with van der Waals surface area (Å²) < 4.78 is 6.10. The van der Waals surface area contributed by atoms with Gasteiger partial charge in [0, 0.05) is 29.7 Å². The van der Waals surface area contributed by atoms with Crippen LogP contribution in [-0.4, -0.2) is 40.8 Å². The Bertz CT molecular complexity index is 864. The fraction of sp³-hybridized carbons (Fsp3) is 0.364. The van der Waals surface area contributed by atoms with Gasteiger partial charge in [-0.1, -0.05) is 18.2 Å². The Morgan fingerprint density at radius 1 is 1.25 bits per heavy atom. The van der Waals surface area contributed by atoms with Gasteiger partial charge in [-0.05, 0) is 76.5 Å². The van der Waals surface area contributed by atoms with Crippen LogP contribution in [0.3, 0.4) is 0 Å². The van der Waals surface area contributed by atoms with E-state index in [0.29, 0.717) is 25.6 Å². The molecule has 6 heteroatoms. The van der Waals surface area contributed by atoms with E-state index in [1.807, 2.05) is 25.3 Å². The maximum absolute atomic E-state index is 12.1. The molecule has 0 saturated carbocycles. The van der Waals surface area contributed by atoms with E-state index >= 15 is 0 Å². The number of halogens is 1. The number of fused-ring (bicyclic) bond motifs is 2. The molecular weight excluding hydrogens is 420 g/mol. The van der Waals surface area contributed by atoms with Crippen LogP contribution in [0.2, 0.25) is 0 Å². The molecule has 5 nitrogen and oxygen atoms in total. The first-order valence-electron chi connectivity index (χ1n) is 9.65. The molecule has 1 amide bonds. The number of rotatable bonds is 2. The van der Waals surface area contributed by atoms with Crippen LogP contribution in [0.4, 0.5) is 4.79 Å². The van der Waals surface area contributed by atoms with E-state index in [1.54, 1.807) is 11.0 Å². The molecule has 2 heterocycles. The topological polar surface area (TPSA) is 62.7 Å². The summed E-state index contributed by atoms with van der Waals surface area (Å²) in [5.74, 6) is 0.749. The fourth-order valence-electron chi connectivity index (χ4n) is 4.28. The lowest BCUT2D eigenvalue weighted by molar-refractivity contribution is 0.0900. The molecule has 0 bridgehead atoms. The molecule has 1 fully saturated rings. The first kappa shape index (κ1) is 19.0. The summed E-state index contributed by atoms with van der Waals surface area (Å²) in [6.07, 6.45) is 7.52. The van der Waals surface area contributed by atoms with Crippen LogP contribution in [0.25, 0.3) is 12.2 Å². The Labute approximate surface area is 173 Å². The van der Waals surface area contributed by atoms with Gasteiger partial charge in [-0.15, -0.1) is 0 Å². The van der Waals surface area contributed by atoms with Gasteiger partial charge >= 0.3 is 6.09 Å². The molecular formula is C22H23BrN2O3. The van der Waals surface area contributed by atoms with Crippen LogP contribution < -0.4 is 0 Å². The van der Waals surface area contributed by atoms with Gasteiger partial charge in [0.1, 0.15) is 5.75 Å². The SMILES string of the molecule is CCOC(=O)N1CCC(C2c3ccc(O)cc3C=Cc3cc(Br)cnc32)CC1. The average molecular weight is 443 g/mol. The van der Waals surface area contributed by atoms with Crippen LogP contribution >= 0.6 is 15.9 Å². The van der Waals surface area contributed by atoms with E-state index < -0.39 is 0 Å². The number of ether oxygens (including phenoxy) is 1. The Morgan fingerprint density at radius 2 is 2.00 bits per heavy atom. The van der Waals surface area contributed by atoms with Gasteiger partial charge in [-0.25, -0.2) is 4.79 Å². The van der Waals surface area contributed by atoms with Gasteiger partial charge in [0.25, 0.3) is 0 Å². The maximum Gasteiger partial charge on any atom is 0.409 e. The number of hydrogen-bond donors (Lipinski definition) is 1. The van der Waals surface area contributed by atoms with E-state index in [-0.39, 0.29) is 17.8 Å². The molecule has 0 radical (unpaired) electrons. The lowest BCUT2D eigenvalue weighted by atomic mass is 9.76. The Balaban J connectivity index is 1.69. The molecule has 1 saturated heterocycles. The standard InChI is InChI=1S/C22H23BrN2O3/c1-2-28-22(27)25-9-7-14(8-10-25)20-19-6-5-18(26)12-15(19)3-4-16-11-17(23)13-24-21(16)20/h3-6,11-14,20,26H,2,7-10H2,1H3. The number of amides is 1. The first-order chi connectivity index (χ1) is 13.6. The summed E-state index contributed by atoms with van der Waals surface area (Å²) in [4.78, 5) is 18.6. The van der Waals surface area contributed by atoms with E-state index in [1.165, 1.54) is 5.56 Å². The van der Waals surface area contributed by atoms with Crippen LogP contribution in [0, 0.1) is 5.92 Å². The number of phenols is 1. The summed E-state index contributed by atoms with van der Waals surface area (Å²) in [5, 5.41) is 9.97. The predicted octanol–water partition coefficient (Wildman–Crippen LogP) is 5.03. The van der Waals surface area contributed by atoms with Crippen molar-refractivity contribution in [1.82, 2.24) is 9.88 Å². The number of piperidine rings is 1. The minimum absolute atomic E-state index is 0.123. The molecule has 2 aliphatic rings. The number of pyridine rings is 1. The third-order valence-corrected chi connectivity index (χ3v) is 6.03. The van der Waals surface area contributed by atoms with Crippen molar-refractivity contribution >= 4 is 34.2 Å². The fourth-order valence-corrected chi connectivity index (χ4v) is 4.63. The van der Waals surface area contributed by atoms with Crippen molar-refractivity contribution in [3.05, 3.63) is 57.3 Å². The van der Waals surface area contributed by atoms with Crippen molar-refractivity contribution in [2.45, 2.75) is 25.7 Å². The van der Waals surface area contributed by atoms with E-state index in [9.17, 15) is 9.90 Å². The van der Waals surface area contributed by atoms with Crippen molar-refractivity contribution in [2.24, 2.45) is 5.92 Å². The number of carbonyl (C=O) groups excluding carboxylic acids is 1. The maximum atomic E-state index is 12.1. The molecule has 1 unspecified atom stereocenters. The van der Waals surface area contributed by atoms with Gasteiger partial charge in [0.2, 0.25) is 0 Å². The van der Waals surface area contributed by atoms with Crippen LogP contribution in [0.1, 0.15) is 48.1 Å². The lowest BCUT2D eigenvalue weighted by Crippen LogP contribution is -2.40. The second-order valence-electron chi connectivity index (χ2n) is 7.28. The van der Waals surface area contributed by atoms with Crippen LogP contribution in [0.15, 0.2) is 34.9 Å². The van der Waals surface area contributed by atoms with Gasteiger partial charge in [0.15, 0.2) is 0 Å². The third kappa shape index (κ3) is 3.65. The van der Waals surface area contributed by atoms with Crippen molar-refractivity contribution in [1.29, 1.82) is 0 Å². The zero-order chi connectivity index (χ0) is 19.7. The highest BCUT2D eigenvalue weighted by Gasteiger charge is 2.34. The molecule has 28 heavy (non-hydrogen) atoms. The minimum Gasteiger partial charge on any atom is -0.508 e. The lowest BCUT2D eigenvalue weighted by Gasteiger charge is -2.36. The number of carbonyl (C=O) groups is 1. The number of aromatic hydroxyl groups is 1. The molecule has 2 aromatic rings. The average Bonchev–Trinajstić information content (AvgIpc) is 2.84. The van der Waals surface area contributed by atoms with Crippen molar-refractivity contribution in [3.63, 3.8) is 0 Å². The second-order valence-corrected chi connectivity index (χ2v) is 8.19. The third-order valence-electron chi connectivity index (χ3n) is 5.60. The largest absolute Gasteiger partial charge is 0.508 e. The van der Waals surface area contributed by atoms with E-state index in [0.717, 1.165) is 34.1 Å². The molecule has 0 spiro atoms. The van der Waals surface area contributed by atoms with Gasteiger partial charge < -0.3 is 14.7 Å². The van der Waals surface area contributed by atoms with Crippen LogP contribution in [-0.2, 0) is 4.74 Å². The van der Waals surface area contributed by atoms with Crippen molar-refractivity contribution < 1.29 is 14.6 Å². The predicted molar refractivity (Wildman–Crippen MR) is 112 cm³/mol. The normalized spacial score (nSPS) is 18.9. The molecule has 1 N–H and O–H groups in total. The number of likely N-dealkylation sites (tertiary alicyclic amines) is 1. The number of aromatic nitrogens is 1. The highest BCUT2D eigenvalue weighted by atomic mass is 79.9. The Morgan fingerprint density at radius 3 is 2.75 bits per heavy atom. The quantitative estimate of drug-likeness (QED) is 0.707. The number of benzene rings is 1. The number of hydrogen-bond acceptors (Lipinski definition) is 4. The van der Waals surface area contributed by atoms with Gasteiger partial charge in [0.05, 0.1) is 12.3 Å². The smallest absolute Gasteiger partial charge is 0.409 e. The molecule has 4 rings (SSSR count). The Hall–Kier alpha value is -2.34. The van der Waals surface area contributed by atoms with Crippen LogP contribution in [0.5, 0.6) is 5.75 Å². The molecule has 1 aliphatic carbocycles. The summed E-state index contributed by atoms with van der Waals surface area (Å²) >= 11 is 3.52. The minimum atomic E-state index is -0.226. The molecule has 146 valence electrons. The van der Waals surface area contributed by atoms with Gasteiger partial charge in [-0.2, -0.15) is 0 Å². The zero-order valence-electron chi connectivity index (χ0n) is 15.8. The summed E-state index contributed by atoms with van der Waals surface area (Å²) in [6.45, 7) is 3.60. The number of phenolic OH excluding ortho intramolecular Hbond substituents is 1. The van der Waals surface area contributed by atoms with E-state index in [2.05, 4.69) is 34.1 Å². The monoisotopic (exact) mass is 442 g/mol. The number of nitrogens with zero attached hydrogens (tertiary/aromatic N) is 2. The molecule has 1 atom stereocenters. The zero-order valence-corrected chi connectivity index (χ0v) is 17.4. The summed E-state index contributed by atoms with van der Waals surface area (Å²) in [7, 11) is 0. The van der Waals surface area contributed by atoms with E-state index in [4.69, 9.17) is 9.72 Å². The van der Waals surface area contributed by atoms with Gasteiger partial charge in [-0.3, -0.25) is 4.98 Å². The molecule has 1 aliphatic heterocycles. The van der Waals surface area contributed by atoms with Crippen molar-refractivity contribution in [2.75, 3.05) is 19.7 Å². The molecule has 1 aromatic carbocycles. The summed E-state index contributed by atoms with van der Waals surface area (Å²) in [6, 6.07) is 7.66. The Kier molecular flexibility index (Phi) is 5.40. The highest BCUT2D eigenvalue weighted by molar-refractivity contribution is 9.10. The van der Waals surface area contributed by atoms with Crippen molar-refractivity contribution in [3.8, 4) is 5.75 Å². The highest BCUT2D eigenvalue weighted by Crippen LogP contribution is 2.43. The summed E-state index contributed by atoms with van der Waals surface area (Å²) in [5.41, 5.74) is 4.34.